The summed E-state index contributed by atoms with van der Waals surface area (Å²) in [7, 11) is 0. The SMILES string of the molecule is Cc1c(-c2ccc(-c3ccc4c(c3)N(C(=O)Nc3nc5ccccc5s3)CCC4)nc2C(=O)OC(C)(C)C)cnn1CC12CC3(C)CC(C)(C1)CC(OCCN)(C3)C2. The van der Waals surface area contributed by atoms with Crippen LogP contribution in [0.2, 0.25) is 0 Å². The molecule has 11 nitrogen and oxygen atoms in total. The fraction of sp³-hybridized carbons (Fsp3) is 0.500. The van der Waals surface area contributed by atoms with Crippen molar-refractivity contribution in [3.63, 3.8) is 0 Å². The van der Waals surface area contributed by atoms with Crippen molar-refractivity contribution in [1.29, 1.82) is 0 Å². The zero-order valence-corrected chi connectivity index (χ0v) is 35.4. The number of aromatic nitrogens is 4. The van der Waals surface area contributed by atoms with Gasteiger partial charge in [0.15, 0.2) is 10.8 Å². The largest absolute Gasteiger partial charge is 0.455 e. The van der Waals surface area contributed by atoms with Gasteiger partial charge in [-0.1, -0.05) is 49.4 Å². The molecule has 0 radical (unpaired) electrons. The molecule has 12 heteroatoms. The third kappa shape index (κ3) is 7.21. The predicted molar refractivity (Wildman–Crippen MR) is 229 cm³/mol. The smallest absolute Gasteiger partial charge is 0.358 e. The van der Waals surface area contributed by atoms with Crippen LogP contribution in [0.3, 0.4) is 0 Å². The molecule has 10 rings (SSSR count). The lowest BCUT2D eigenvalue weighted by atomic mass is 9.39. The van der Waals surface area contributed by atoms with E-state index in [4.69, 9.17) is 25.3 Å². The number of esters is 1. The maximum Gasteiger partial charge on any atom is 0.358 e. The summed E-state index contributed by atoms with van der Waals surface area (Å²) in [6.45, 7) is 15.1. The number of para-hydroxylation sites is 1. The average molecular weight is 802 g/mol. The van der Waals surface area contributed by atoms with E-state index in [2.05, 4.69) is 41.8 Å². The number of carbonyl (C=O) groups is 2. The number of carbonyl (C=O) groups excluding carboxylic acids is 2. The molecule has 2 unspecified atom stereocenters. The minimum Gasteiger partial charge on any atom is -0.455 e. The average Bonchev–Trinajstić information content (AvgIpc) is 3.72. The number of urea groups is 1. The molecule has 0 saturated heterocycles. The molecule has 3 aromatic heterocycles. The Morgan fingerprint density at radius 1 is 0.948 bits per heavy atom. The number of rotatable bonds is 9. The lowest BCUT2D eigenvalue weighted by molar-refractivity contribution is -0.247. The van der Waals surface area contributed by atoms with E-state index in [1.807, 2.05) is 75.5 Å². The summed E-state index contributed by atoms with van der Waals surface area (Å²) in [5.41, 5.74) is 12.6. The van der Waals surface area contributed by atoms with E-state index in [1.54, 1.807) is 4.90 Å². The fourth-order valence-electron chi connectivity index (χ4n) is 12.0. The van der Waals surface area contributed by atoms with Crippen LogP contribution >= 0.6 is 11.3 Å². The molecular formula is C46H55N7O4S. The second kappa shape index (κ2) is 14.0. The number of nitrogens with zero attached hydrogens (tertiary/aromatic N) is 5. The number of benzene rings is 2. The number of pyridine rings is 1. The number of aryl methyl sites for hydroxylation is 1. The normalized spacial score (nSPS) is 26.2. The van der Waals surface area contributed by atoms with Crippen LogP contribution in [0, 0.1) is 23.2 Å². The van der Waals surface area contributed by atoms with E-state index in [0.29, 0.717) is 36.1 Å². The van der Waals surface area contributed by atoms with Crippen LogP contribution in [0.5, 0.6) is 0 Å². The Hall–Kier alpha value is -4.65. The van der Waals surface area contributed by atoms with Gasteiger partial charge in [-0.25, -0.2) is 19.6 Å². The lowest BCUT2D eigenvalue weighted by Crippen LogP contribution is -2.64. The number of anilines is 2. The molecule has 4 bridgehead atoms. The molecule has 2 atom stereocenters. The number of fused-ring (bicyclic) bond motifs is 2. The van der Waals surface area contributed by atoms with Gasteiger partial charge in [0, 0.05) is 47.7 Å². The van der Waals surface area contributed by atoms with Gasteiger partial charge in [-0.3, -0.25) is 14.9 Å². The highest BCUT2D eigenvalue weighted by atomic mass is 32.1. The van der Waals surface area contributed by atoms with Crippen molar-refractivity contribution in [2.45, 2.75) is 111 Å². The number of ether oxygens (including phenoxy) is 2. The molecule has 58 heavy (non-hydrogen) atoms. The highest BCUT2D eigenvalue weighted by Crippen LogP contribution is 2.72. The Bertz CT molecular complexity index is 2380. The molecule has 4 fully saturated rings. The van der Waals surface area contributed by atoms with E-state index in [-0.39, 0.29) is 33.6 Å². The minimum absolute atomic E-state index is 0.0582. The molecule has 3 N–H and O–H groups in total. The van der Waals surface area contributed by atoms with Gasteiger partial charge in [0.1, 0.15) is 5.60 Å². The first-order chi connectivity index (χ1) is 27.6. The van der Waals surface area contributed by atoms with Crippen LogP contribution in [-0.4, -0.2) is 62.6 Å². The molecule has 1 aliphatic heterocycles. The Kier molecular flexibility index (Phi) is 9.37. The van der Waals surface area contributed by atoms with Crippen molar-refractivity contribution < 1.29 is 19.1 Å². The lowest BCUT2D eigenvalue weighted by Gasteiger charge is -2.69. The van der Waals surface area contributed by atoms with Gasteiger partial charge < -0.3 is 15.2 Å². The van der Waals surface area contributed by atoms with Crippen LogP contribution in [0.25, 0.3) is 32.6 Å². The maximum atomic E-state index is 14.1. The molecule has 304 valence electrons. The zero-order valence-electron chi connectivity index (χ0n) is 34.6. The summed E-state index contributed by atoms with van der Waals surface area (Å²) < 4.78 is 15.8. The number of thiazole rings is 1. The van der Waals surface area contributed by atoms with Crippen LogP contribution in [0.1, 0.15) is 101 Å². The second-order valence-corrected chi connectivity index (χ2v) is 20.4. The highest BCUT2D eigenvalue weighted by molar-refractivity contribution is 7.22. The first-order valence-electron chi connectivity index (χ1n) is 20.7. The van der Waals surface area contributed by atoms with Crippen molar-refractivity contribution in [2.75, 3.05) is 29.9 Å². The summed E-state index contributed by atoms with van der Waals surface area (Å²) in [5, 5.41) is 8.60. The summed E-state index contributed by atoms with van der Waals surface area (Å²) in [5.74, 6) is -0.493. The van der Waals surface area contributed by atoms with Crippen molar-refractivity contribution in [3.05, 3.63) is 77.7 Å². The van der Waals surface area contributed by atoms with E-state index >= 15 is 0 Å². The van der Waals surface area contributed by atoms with E-state index < -0.39 is 11.6 Å². The molecule has 5 aliphatic rings. The first-order valence-corrected chi connectivity index (χ1v) is 21.6. The first kappa shape index (κ1) is 38.8. The minimum atomic E-state index is -0.721. The quantitative estimate of drug-likeness (QED) is 0.141. The molecule has 4 heterocycles. The van der Waals surface area contributed by atoms with E-state index in [9.17, 15) is 9.59 Å². The van der Waals surface area contributed by atoms with Crippen LogP contribution in [-0.2, 0) is 22.4 Å². The standard InChI is InChI=1S/C46H55N7O4S/c1-29-33(21-48-53(29)28-45-23-43(5)22-44(6,24-45)26-46(25-43,27-45)56-19-17-47)32-15-16-34(49-38(32)39(54)57-42(2,3)4)31-14-13-30-10-9-18-52(36(30)20-31)41(55)51-40-50-35-11-7-8-12-37(35)58-40/h7-8,11-16,20-21H,9-10,17-19,22-28,47H2,1-6H3,(H,50,51,55). The van der Waals surface area contributed by atoms with Crippen molar-refractivity contribution in [3.8, 4) is 22.4 Å². The maximum absolute atomic E-state index is 14.1. The van der Waals surface area contributed by atoms with Gasteiger partial charge in [-0.2, -0.15) is 5.10 Å². The van der Waals surface area contributed by atoms with Gasteiger partial charge in [0.25, 0.3) is 0 Å². The summed E-state index contributed by atoms with van der Waals surface area (Å²) >= 11 is 1.46. The Labute approximate surface area is 344 Å². The summed E-state index contributed by atoms with van der Waals surface area (Å²) in [6, 6.07) is 17.7. The highest BCUT2D eigenvalue weighted by Gasteiger charge is 2.66. The molecule has 5 aromatic rings. The Balaban J connectivity index is 1.03. The predicted octanol–water partition coefficient (Wildman–Crippen LogP) is 9.56. The number of nitrogens with two attached hydrogens (primary N) is 1. The summed E-state index contributed by atoms with van der Waals surface area (Å²) in [6.07, 6.45) is 10.3. The van der Waals surface area contributed by atoms with Crippen LogP contribution in [0.15, 0.2) is 60.8 Å². The second-order valence-electron chi connectivity index (χ2n) is 19.4. The number of hydrogen-bond donors (Lipinski definition) is 2. The topological polar surface area (TPSA) is 137 Å². The van der Waals surface area contributed by atoms with E-state index in [1.165, 1.54) is 17.8 Å². The third-order valence-corrected chi connectivity index (χ3v) is 13.7. The summed E-state index contributed by atoms with van der Waals surface area (Å²) in [4.78, 5) is 39.2. The van der Waals surface area contributed by atoms with Crippen molar-refractivity contribution in [2.24, 2.45) is 22.0 Å². The Morgan fingerprint density at radius 3 is 2.47 bits per heavy atom. The molecule has 2 aromatic carbocycles. The number of amides is 2. The van der Waals surface area contributed by atoms with Gasteiger partial charge in [-0.05, 0) is 131 Å². The van der Waals surface area contributed by atoms with Crippen molar-refractivity contribution >= 4 is 44.4 Å². The van der Waals surface area contributed by atoms with Crippen molar-refractivity contribution in [1.82, 2.24) is 19.7 Å². The monoisotopic (exact) mass is 801 g/mol. The zero-order chi connectivity index (χ0) is 40.7. The number of hydrogen-bond acceptors (Lipinski definition) is 9. The molecule has 4 aliphatic carbocycles. The third-order valence-electron chi connectivity index (χ3n) is 12.8. The molecule has 4 saturated carbocycles. The molecule has 0 spiro atoms. The molecule has 2 amide bonds. The Morgan fingerprint density at radius 2 is 1.72 bits per heavy atom. The van der Waals surface area contributed by atoms with Crippen LogP contribution in [0.4, 0.5) is 15.6 Å². The van der Waals surface area contributed by atoms with E-state index in [0.717, 1.165) is 89.8 Å². The van der Waals surface area contributed by atoms with Gasteiger partial charge in [0.2, 0.25) is 0 Å². The van der Waals surface area contributed by atoms with Gasteiger partial charge >= 0.3 is 12.0 Å². The van der Waals surface area contributed by atoms with Crippen LogP contribution < -0.4 is 16.0 Å². The fourth-order valence-corrected chi connectivity index (χ4v) is 12.8. The molecular weight excluding hydrogens is 747 g/mol. The van der Waals surface area contributed by atoms with Gasteiger partial charge in [-0.15, -0.1) is 0 Å². The number of nitrogens with one attached hydrogen (secondary N) is 1. The van der Waals surface area contributed by atoms with Gasteiger partial charge in [0.05, 0.1) is 34.3 Å².